The molecule has 2 rings (SSSR count). The van der Waals surface area contributed by atoms with Gasteiger partial charge in [0.25, 0.3) is 0 Å². The maximum absolute atomic E-state index is 12.5. The largest absolute Gasteiger partial charge is 0.431 e. The Morgan fingerprint density at radius 3 is 2.65 bits per heavy atom. The normalized spacial score (nSPS) is 11.8. The van der Waals surface area contributed by atoms with Crippen LogP contribution in [-0.2, 0) is 6.18 Å². The van der Waals surface area contributed by atoms with Crippen LogP contribution in [0.1, 0.15) is 10.6 Å². The molecule has 0 fully saturated rings. The Morgan fingerprint density at radius 2 is 2.12 bits per heavy atom. The maximum atomic E-state index is 12.5. The van der Waals surface area contributed by atoms with Gasteiger partial charge in [0, 0.05) is 10.4 Å². The van der Waals surface area contributed by atoms with E-state index in [-0.39, 0.29) is 5.69 Å². The second-order valence-electron chi connectivity index (χ2n) is 3.37. The molecule has 0 unspecified atom stereocenters. The van der Waals surface area contributed by atoms with Gasteiger partial charge in [-0.05, 0) is 24.4 Å². The summed E-state index contributed by atoms with van der Waals surface area (Å²) in [6.45, 7) is 1.76. The molecular weight excluding hydrogens is 253 g/mol. The van der Waals surface area contributed by atoms with E-state index in [2.05, 4.69) is 4.98 Å². The zero-order valence-corrected chi connectivity index (χ0v) is 9.45. The van der Waals surface area contributed by atoms with Gasteiger partial charge in [0.1, 0.15) is 5.69 Å². The molecule has 3 nitrogen and oxygen atoms in total. The van der Waals surface area contributed by atoms with E-state index < -0.39 is 17.6 Å². The fourth-order valence-corrected chi connectivity index (χ4v) is 2.11. The zero-order valence-electron chi connectivity index (χ0n) is 8.63. The fraction of sp³-hybridized carbons (Fsp3) is 0.200. The standard InChI is InChI=1S/C10H7F3N2OS/c1-5-6(2-3-17-5)7-4-8(10(11,12)13)15-9(16)14-7/h2-4H,1H3,(H,14,15,16). The molecule has 2 aromatic rings. The third-order valence-electron chi connectivity index (χ3n) is 2.18. The van der Waals surface area contributed by atoms with E-state index in [4.69, 9.17) is 0 Å². The van der Waals surface area contributed by atoms with Crippen molar-refractivity contribution in [2.45, 2.75) is 13.1 Å². The quantitative estimate of drug-likeness (QED) is 0.857. The first-order chi connectivity index (χ1) is 7.88. The summed E-state index contributed by atoms with van der Waals surface area (Å²) < 4.78 is 37.5. The topological polar surface area (TPSA) is 45.8 Å². The van der Waals surface area contributed by atoms with Crippen LogP contribution < -0.4 is 5.69 Å². The van der Waals surface area contributed by atoms with E-state index in [0.717, 1.165) is 10.9 Å². The Balaban J connectivity index is 2.61. The lowest BCUT2D eigenvalue weighted by Crippen LogP contribution is -2.19. The van der Waals surface area contributed by atoms with E-state index >= 15 is 0 Å². The number of aromatic nitrogens is 2. The summed E-state index contributed by atoms with van der Waals surface area (Å²) in [5, 5.41) is 1.74. The first kappa shape index (κ1) is 11.8. The smallest absolute Gasteiger partial charge is 0.302 e. The van der Waals surface area contributed by atoms with Gasteiger partial charge in [-0.3, -0.25) is 0 Å². The highest BCUT2D eigenvalue weighted by molar-refractivity contribution is 7.10. The molecule has 1 N–H and O–H groups in total. The van der Waals surface area contributed by atoms with Crippen molar-refractivity contribution in [3.63, 3.8) is 0 Å². The summed E-state index contributed by atoms with van der Waals surface area (Å²) in [4.78, 5) is 17.1. The maximum Gasteiger partial charge on any atom is 0.431 e. The van der Waals surface area contributed by atoms with Crippen LogP contribution >= 0.6 is 11.3 Å². The third kappa shape index (κ3) is 2.38. The third-order valence-corrected chi connectivity index (χ3v) is 3.03. The Bertz CT molecular complexity index is 600. The van der Waals surface area contributed by atoms with Gasteiger partial charge in [-0.2, -0.15) is 18.2 Å². The van der Waals surface area contributed by atoms with Crippen LogP contribution in [0.3, 0.4) is 0 Å². The van der Waals surface area contributed by atoms with Crippen molar-refractivity contribution < 1.29 is 13.2 Å². The predicted octanol–water partition coefficient (Wildman–Crippen LogP) is 2.83. The number of alkyl halides is 3. The molecule has 90 valence electrons. The number of thiophene rings is 1. The SMILES string of the molecule is Cc1sccc1-c1cc(C(F)(F)F)[nH]c(=O)n1. The number of hydrogen-bond donors (Lipinski definition) is 1. The molecule has 0 saturated carbocycles. The van der Waals surface area contributed by atoms with Gasteiger partial charge in [0.15, 0.2) is 0 Å². The number of nitrogens with zero attached hydrogens (tertiary/aromatic N) is 1. The van der Waals surface area contributed by atoms with Crippen LogP contribution in [-0.4, -0.2) is 9.97 Å². The Kier molecular flexibility index (Phi) is 2.78. The van der Waals surface area contributed by atoms with Crippen LogP contribution in [0, 0.1) is 6.92 Å². The number of aryl methyl sites for hydroxylation is 1. The van der Waals surface area contributed by atoms with E-state index in [1.165, 1.54) is 11.3 Å². The lowest BCUT2D eigenvalue weighted by atomic mass is 10.1. The van der Waals surface area contributed by atoms with Gasteiger partial charge in [-0.25, -0.2) is 4.79 Å². The average Bonchev–Trinajstić information content (AvgIpc) is 2.62. The minimum absolute atomic E-state index is 0.0415. The molecule has 0 spiro atoms. The minimum Gasteiger partial charge on any atom is -0.302 e. The van der Waals surface area contributed by atoms with Crippen molar-refractivity contribution in [2.24, 2.45) is 0 Å². The number of rotatable bonds is 1. The summed E-state index contributed by atoms with van der Waals surface area (Å²) in [5.41, 5.74) is -1.50. The molecule has 0 aliphatic carbocycles. The van der Waals surface area contributed by atoms with E-state index in [1.54, 1.807) is 23.4 Å². The summed E-state index contributed by atoms with van der Waals surface area (Å²) in [5.74, 6) is 0. The van der Waals surface area contributed by atoms with Crippen molar-refractivity contribution in [1.82, 2.24) is 9.97 Å². The fourth-order valence-electron chi connectivity index (χ4n) is 1.40. The van der Waals surface area contributed by atoms with E-state index in [9.17, 15) is 18.0 Å². The van der Waals surface area contributed by atoms with Gasteiger partial charge >= 0.3 is 11.9 Å². The molecule has 0 amide bonds. The second-order valence-corrected chi connectivity index (χ2v) is 4.49. The molecule has 0 aromatic carbocycles. The molecule has 2 heterocycles. The number of nitrogens with one attached hydrogen (secondary N) is 1. The molecule has 2 aromatic heterocycles. The number of halogens is 3. The minimum atomic E-state index is -4.58. The molecule has 0 bridgehead atoms. The van der Waals surface area contributed by atoms with Crippen LogP contribution in [0.5, 0.6) is 0 Å². The van der Waals surface area contributed by atoms with Crippen LogP contribution in [0.15, 0.2) is 22.3 Å². The van der Waals surface area contributed by atoms with Crippen LogP contribution in [0.25, 0.3) is 11.3 Å². The summed E-state index contributed by atoms with van der Waals surface area (Å²) in [6.07, 6.45) is -4.58. The lowest BCUT2D eigenvalue weighted by Gasteiger charge is -2.07. The first-order valence-electron chi connectivity index (χ1n) is 4.61. The lowest BCUT2D eigenvalue weighted by molar-refractivity contribution is -0.141. The highest BCUT2D eigenvalue weighted by Crippen LogP contribution is 2.30. The monoisotopic (exact) mass is 260 g/mol. The molecule has 0 saturated heterocycles. The van der Waals surface area contributed by atoms with Gasteiger partial charge < -0.3 is 4.98 Å². The van der Waals surface area contributed by atoms with Gasteiger partial charge in [0.2, 0.25) is 0 Å². The highest BCUT2D eigenvalue weighted by Gasteiger charge is 2.32. The van der Waals surface area contributed by atoms with E-state index in [0.29, 0.717) is 5.56 Å². The van der Waals surface area contributed by atoms with Gasteiger partial charge in [0.05, 0.1) is 5.69 Å². The number of hydrogen-bond acceptors (Lipinski definition) is 3. The Labute approximate surface area is 98.0 Å². The summed E-state index contributed by atoms with van der Waals surface area (Å²) >= 11 is 1.38. The molecular formula is C10H7F3N2OS. The van der Waals surface area contributed by atoms with Crippen molar-refractivity contribution in [3.8, 4) is 11.3 Å². The van der Waals surface area contributed by atoms with Crippen molar-refractivity contribution in [3.05, 3.63) is 38.6 Å². The highest BCUT2D eigenvalue weighted by atomic mass is 32.1. The van der Waals surface area contributed by atoms with Crippen molar-refractivity contribution in [2.75, 3.05) is 0 Å². The molecule has 0 radical (unpaired) electrons. The average molecular weight is 260 g/mol. The molecule has 0 aliphatic heterocycles. The second kappa shape index (κ2) is 3.99. The predicted molar refractivity (Wildman–Crippen MR) is 57.9 cm³/mol. The van der Waals surface area contributed by atoms with Crippen LogP contribution in [0.4, 0.5) is 13.2 Å². The Hall–Kier alpha value is -1.63. The van der Waals surface area contributed by atoms with Crippen molar-refractivity contribution in [1.29, 1.82) is 0 Å². The van der Waals surface area contributed by atoms with Crippen LogP contribution in [0.2, 0.25) is 0 Å². The van der Waals surface area contributed by atoms with Gasteiger partial charge in [-0.1, -0.05) is 0 Å². The van der Waals surface area contributed by atoms with Crippen molar-refractivity contribution >= 4 is 11.3 Å². The van der Waals surface area contributed by atoms with E-state index in [1.807, 2.05) is 0 Å². The summed E-state index contributed by atoms with van der Waals surface area (Å²) in [7, 11) is 0. The molecule has 0 atom stereocenters. The number of aromatic amines is 1. The Morgan fingerprint density at radius 1 is 1.41 bits per heavy atom. The number of H-pyrrole nitrogens is 1. The first-order valence-corrected chi connectivity index (χ1v) is 5.49. The van der Waals surface area contributed by atoms with Gasteiger partial charge in [-0.15, -0.1) is 11.3 Å². The zero-order chi connectivity index (χ0) is 12.6. The summed E-state index contributed by atoms with van der Waals surface area (Å²) in [6, 6.07) is 2.48. The molecule has 17 heavy (non-hydrogen) atoms. The molecule has 0 aliphatic rings. The molecule has 7 heteroatoms.